The Morgan fingerprint density at radius 1 is 1.24 bits per heavy atom. The van der Waals surface area contributed by atoms with Gasteiger partial charge in [0.15, 0.2) is 0 Å². The highest BCUT2D eigenvalue weighted by Crippen LogP contribution is 2.47. The van der Waals surface area contributed by atoms with E-state index >= 15 is 0 Å². The van der Waals surface area contributed by atoms with Crippen LogP contribution in [0.15, 0.2) is 48.5 Å². The molecule has 8 heteroatoms. The molecule has 2 N–H and O–H groups in total. The van der Waals surface area contributed by atoms with Crippen molar-refractivity contribution in [3.05, 3.63) is 92.8 Å². The molecule has 2 heterocycles. The third-order valence-electron chi connectivity index (χ3n) is 6.22. The summed E-state index contributed by atoms with van der Waals surface area (Å²) in [6.45, 7) is 0.804. The van der Waals surface area contributed by atoms with Crippen molar-refractivity contribution in [2.45, 2.75) is 19.0 Å². The van der Waals surface area contributed by atoms with Crippen molar-refractivity contribution >= 4 is 29.2 Å². The number of carbonyl (C=O) groups excluding carboxylic acids is 1. The van der Waals surface area contributed by atoms with Crippen LogP contribution in [0.4, 0.5) is 10.1 Å². The molecule has 0 saturated heterocycles. The predicted molar refractivity (Wildman–Crippen MR) is 122 cm³/mol. The van der Waals surface area contributed by atoms with Gasteiger partial charge < -0.3 is 20.1 Å². The number of methoxy groups -OCH3 is 1. The van der Waals surface area contributed by atoms with Gasteiger partial charge in [-0.05, 0) is 53.9 Å². The maximum absolute atomic E-state index is 14.3. The van der Waals surface area contributed by atoms with Crippen LogP contribution in [-0.2, 0) is 13.0 Å². The Kier molecular flexibility index (Phi) is 5.21. The van der Waals surface area contributed by atoms with E-state index in [2.05, 4.69) is 5.32 Å². The van der Waals surface area contributed by atoms with Crippen molar-refractivity contribution in [3.63, 3.8) is 0 Å². The van der Waals surface area contributed by atoms with E-state index in [-0.39, 0.29) is 23.0 Å². The summed E-state index contributed by atoms with van der Waals surface area (Å²) in [6, 6.07) is 11.9. The Balaban J connectivity index is 1.72. The molecule has 2 aliphatic rings. The highest BCUT2D eigenvalue weighted by molar-refractivity contribution is 6.31. The molecule has 2 aliphatic heterocycles. The zero-order valence-electron chi connectivity index (χ0n) is 17.7. The van der Waals surface area contributed by atoms with E-state index in [9.17, 15) is 19.1 Å². The van der Waals surface area contributed by atoms with Gasteiger partial charge in [-0.15, -0.1) is 0 Å². The summed E-state index contributed by atoms with van der Waals surface area (Å²) in [6.07, 6.45) is 0.600. The number of aromatic carboxylic acids is 1. The van der Waals surface area contributed by atoms with Gasteiger partial charge in [0.1, 0.15) is 11.6 Å². The first-order valence-corrected chi connectivity index (χ1v) is 10.8. The normalized spacial score (nSPS) is 16.4. The number of hydrogen-bond donors (Lipinski definition) is 2. The number of carboxylic acids is 1. The monoisotopic (exact) mass is 466 g/mol. The number of hydrogen-bond acceptors (Lipinski definition) is 4. The molecular weight excluding hydrogens is 447 g/mol. The summed E-state index contributed by atoms with van der Waals surface area (Å²) in [4.78, 5) is 27.6. The van der Waals surface area contributed by atoms with Crippen molar-refractivity contribution in [3.8, 4) is 5.75 Å². The SMILES string of the molecule is COc1ccc(CN2C(=O)c3c4c(cc(C(=O)O)c3C2c2cc(F)ccc2Cl)NCC4)cc1. The second-order valence-corrected chi connectivity index (χ2v) is 8.48. The molecule has 3 aromatic rings. The van der Waals surface area contributed by atoms with Gasteiger partial charge in [-0.1, -0.05) is 23.7 Å². The van der Waals surface area contributed by atoms with E-state index in [4.69, 9.17) is 16.3 Å². The van der Waals surface area contributed by atoms with Gasteiger partial charge in [0, 0.05) is 34.9 Å². The van der Waals surface area contributed by atoms with Gasteiger partial charge >= 0.3 is 5.97 Å². The smallest absolute Gasteiger partial charge is 0.336 e. The first-order chi connectivity index (χ1) is 15.9. The van der Waals surface area contributed by atoms with Gasteiger partial charge in [0.2, 0.25) is 0 Å². The number of carboxylic acid groups (broad SMARTS) is 1. The fraction of sp³-hybridized carbons (Fsp3) is 0.200. The van der Waals surface area contributed by atoms with Crippen molar-refractivity contribution < 1.29 is 23.8 Å². The van der Waals surface area contributed by atoms with Crippen LogP contribution in [0.5, 0.6) is 5.75 Å². The minimum Gasteiger partial charge on any atom is -0.497 e. The second kappa shape index (κ2) is 8.08. The van der Waals surface area contributed by atoms with Gasteiger partial charge in [-0.3, -0.25) is 4.79 Å². The Morgan fingerprint density at radius 2 is 2.00 bits per heavy atom. The van der Waals surface area contributed by atoms with Crippen LogP contribution in [0.2, 0.25) is 5.02 Å². The molecule has 6 nitrogen and oxygen atoms in total. The number of nitrogens with one attached hydrogen (secondary N) is 1. The molecule has 0 saturated carbocycles. The van der Waals surface area contributed by atoms with Crippen LogP contribution in [0.3, 0.4) is 0 Å². The second-order valence-electron chi connectivity index (χ2n) is 8.07. The lowest BCUT2D eigenvalue weighted by Gasteiger charge is -2.27. The maximum Gasteiger partial charge on any atom is 0.336 e. The van der Waals surface area contributed by atoms with E-state index in [1.165, 1.54) is 18.2 Å². The first-order valence-electron chi connectivity index (χ1n) is 10.4. The van der Waals surface area contributed by atoms with Gasteiger partial charge in [-0.2, -0.15) is 0 Å². The Bertz CT molecular complexity index is 1290. The van der Waals surface area contributed by atoms with E-state index < -0.39 is 17.8 Å². The van der Waals surface area contributed by atoms with Crippen LogP contribution >= 0.6 is 11.6 Å². The molecule has 1 unspecified atom stereocenters. The number of nitrogens with zero attached hydrogens (tertiary/aromatic N) is 1. The Hall–Kier alpha value is -3.58. The molecule has 0 aliphatic carbocycles. The van der Waals surface area contributed by atoms with E-state index in [0.29, 0.717) is 41.1 Å². The molecule has 168 valence electrons. The highest BCUT2D eigenvalue weighted by atomic mass is 35.5. The molecule has 33 heavy (non-hydrogen) atoms. The summed E-state index contributed by atoms with van der Waals surface area (Å²) < 4.78 is 19.5. The molecule has 0 aromatic heterocycles. The molecule has 0 spiro atoms. The average molecular weight is 467 g/mol. The lowest BCUT2D eigenvalue weighted by molar-refractivity contribution is 0.0686. The van der Waals surface area contributed by atoms with Gasteiger partial charge in [0.05, 0.1) is 24.3 Å². The maximum atomic E-state index is 14.3. The predicted octanol–water partition coefficient (Wildman–Crippen LogP) is 4.90. The lowest BCUT2D eigenvalue weighted by Crippen LogP contribution is -2.29. The number of benzene rings is 3. The number of rotatable bonds is 5. The zero-order chi connectivity index (χ0) is 23.3. The summed E-state index contributed by atoms with van der Waals surface area (Å²) >= 11 is 6.47. The van der Waals surface area contributed by atoms with Gasteiger partial charge in [0.25, 0.3) is 5.91 Å². The Morgan fingerprint density at radius 3 is 2.70 bits per heavy atom. The number of amides is 1. The van der Waals surface area contributed by atoms with Crippen LogP contribution in [0.25, 0.3) is 0 Å². The molecule has 1 atom stereocenters. The minimum atomic E-state index is -1.15. The third kappa shape index (κ3) is 3.49. The molecule has 0 fully saturated rings. The van der Waals surface area contributed by atoms with Crippen molar-refractivity contribution in [2.24, 2.45) is 0 Å². The summed E-state index contributed by atoms with van der Waals surface area (Å²) in [5, 5.41) is 13.4. The quantitative estimate of drug-likeness (QED) is 0.559. The van der Waals surface area contributed by atoms with Crippen molar-refractivity contribution in [1.82, 2.24) is 4.90 Å². The summed E-state index contributed by atoms with van der Waals surface area (Å²) in [7, 11) is 1.57. The largest absolute Gasteiger partial charge is 0.497 e. The van der Waals surface area contributed by atoms with Crippen molar-refractivity contribution in [2.75, 3.05) is 19.0 Å². The number of carbonyl (C=O) groups is 2. The number of halogens is 2. The summed E-state index contributed by atoms with van der Waals surface area (Å²) in [5.74, 6) is -1.29. The van der Waals surface area contributed by atoms with Crippen LogP contribution in [0, 0.1) is 5.82 Å². The van der Waals surface area contributed by atoms with E-state index in [0.717, 1.165) is 11.1 Å². The van der Waals surface area contributed by atoms with Crippen LogP contribution in [0.1, 0.15) is 49.0 Å². The fourth-order valence-electron chi connectivity index (χ4n) is 4.74. The van der Waals surface area contributed by atoms with Crippen molar-refractivity contribution in [1.29, 1.82) is 0 Å². The highest BCUT2D eigenvalue weighted by Gasteiger charge is 2.44. The minimum absolute atomic E-state index is 0.00839. The molecule has 5 rings (SSSR count). The molecule has 0 bridgehead atoms. The standard InChI is InChI=1S/C25H20ClFN2O4/c1-33-15-5-2-13(3-6-15)12-29-23(17-10-14(27)4-7-19(17)26)21-18(25(31)32)11-20-16(8-9-28-20)22(21)24(29)30/h2-7,10-11,23,28H,8-9,12H2,1H3,(H,31,32). The average Bonchev–Trinajstić information content (AvgIpc) is 3.38. The van der Waals surface area contributed by atoms with E-state index in [1.54, 1.807) is 30.2 Å². The third-order valence-corrected chi connectivity index (χ3v) is 6.56. The molecule has 0 radical (unpaired) electrons. The molecule has 3 aromatic carbocycles. The summed E-state index contributed by atoms with van der Waals surface area (Å²) in [5.41, 5.74) is 3.34. The van der Waals surface area contributed by atoms with Crippen LogP contribution in [-0.4, -0.2) is 35.5 Å². The van der Waals surface area contributed by atoms with Crippen LogP contribution < -0.4 is 10.1 Å². The Labute approximate surface area is 194 Å². The topological polar surface area (TPSA) is 78.9 Å². The zero-order valence-corrected chi connectivity index (χ0v) is 18.4. The van der Waals surface area contributed by atoms with E-state index in [1.807, 2.05) is 12.1 Å². The molecule has 1 amide bonds. The number of anilines is 1. The first kappa shape index (κ1) is 21.3. The van der Waals surface area contributed by atoms with Gasteiger partial charge in [-0.25, -0.2) is 9.18 Å². The number of fused-ring (bicyclic) bond motifs is 3. The fourth-order valence-corrected chi connectivity index (χ4v) is 4.96. The molecular formula is C25H20ClFN2O4. The lowest BCUT2D eigenvalue weighted by atomic mass is 9.89. The number of ether oxygens (including phenoxy) is 1.